The molecule has 6 nitrogen and oxygen atoms in total. The van der Waals surface area contributed by atoms with Crippen LogP contribution in [0.2, 0.25) is 0 Å². The first kappa shape index (κ1) is 16.8. The normalized spacial score (nSPS) is 12.1. The maximum absolute atomic E-state index is 11.9. The van der Waals surface area contributed by atoms with Gasteiger partial charge in [0.05, 0.1) is 5.25 Å². The Hall–Kier alpha value is -1.54. The summed E-state index contributed by atoms with van der Waals surface area (Å²) < 4.78 is 2.30. The first-order valence-corrected chi connectivity index (χ1v) is 8.61. The molecule has 2 aromatic rings. The molecule has 0 aliphatic rings. The highest BCUT2D eigenvalue weighted by molar-refractivity contribution is 9.10. The van der Waals surface area contributed by atoms with Crippen molar-refractivity contribution < 1.29 is 4.79 Å². The molecule has 1 aromatic heterocycles. The number of carbonyl (C=O) groups is 1. The molecule has 0 fully saturated rings. The van der Waals surface area contributed by atoms with Crippen LogP contribution in [-0.4, -0.2) is 32.6 Å². The molecule has 0 spiro atoms. The third-order valence-electron chi connectivity index (χ3n) is 2.98. The van der Waals surface area contributed by atoms with Gasteiger partial charge in [-0.05, 0) is 25.5 Å². The van der Waals surface area contributed by atoms with Crippen LogP contribution in [0.15, 0.2) is 33.9 Å². The Balaban J connectivity index is 2.15. The van der Waals surface area contributed by atoms with Crippen LogP contribution in [0.4, 0.5) is 0 Å². The van der Waals surface area contributed by atoms with E-state index in [1.807, 2.05) is 38.1 Å². The van der Waals surface area contributed by atoms with Crippen LogP contribution in [-0.2, 0) is 4.79 Å². The number of hydrogen-bond acceptors (Lipinski definition) is 5. The molecular formula is C14H18BrN5OS. The number of hydrogen-bond donors (Lipinski definition) is 2. The summed E-state index contributed by atoms with van der Waals surface area (Å²) >= 11 is 4.76. The number of nitrogen functional groups attached to an aromatic ring is 1. The predicted octanol–water partition coefficient (Wildman–Crippen LogP) is 2.43. The lowest BCUT2D eigenvalue weighted by atomic mass is 10.2. The molecule has 0 radical (unpaired) electrons. The third-order valence-corrected chi connectivity index (χ3v) is 4.73. The Morgan fingerprint density at radius 3 is 2.86 bits per heavy atom. The maximum Gasteiger partial charge on any atom is 0.233 e. The van der Waals surface area contributed by atoms with Gasteiger partial charge in [0, 0.05) is 16.6 Å². The molecule has 0 saturated carbocycles. The maximum atomic E-state index is 11.9. The van der Waals surface area contributed by atoms with E-state index in [4.69, 9.17) is 5.84 Å². The van der Waals surface area contributed by atoms with Crippen molar-refractivity contribution in [3.63, 3.8) is 0 Å². The van der Waals surface area contributed by atoms with Gasteiger partial charge in [-0.3, -0.25) is 4.79 Å². The molecule has 3 N–H and O–H groups in total. The lowest BCUT2D eigenvalue weighted by Crippen LogP contribution is -2.31. The standard InChI is InChI=1S/C14H18BrN5OS/c1-3-8-17-13(21)9(2)22-14-19-18-12(20(14)16)10-6-4-5-7-11(10)15/h4-7,9H,3,8,16H2,1-2H3,(H,17,21). The minimum atomic E-state index is -0.287. The SMILES string of the molecule is CCCNC(=O)C(C)Sc1nnc(-c2ccccc2Br)n1N. The van der Waals surface area contributed by atoms with Crippen LogP contribution in [0.25, 0.3) is 11.4 Å². The molecule has 22 heavy (non-hydrogen) atoms. The highest BCUT2D eigenvalue weighted by Gasteiger charge is 2.20. The van der Waals surface area contributed by atoms with Crippen molar-refractivity contribution >= 4 is 33.6 Å². The molecule has 1 atom stereocenters. The Morgan fingerprint density at radius 2 is 2.18 bits per heavy atom. The smallest absolute Gasteiger partial charge is 0.233 e. The van der Waals surface area contributed by atoms with Crippen LogP contribution in [0.1, 0.15) is 20.3 Å². The van der Waals surface area contributed by atoms with E-state index in [0.29, 0.717) is 17.5 Å². The summed E-state index contributed by atoms with van der Waals surface area (Å²) in [4.78, 5) is 11.9. The second kappa shape index (κ2) is 7.64. The zero-order valence-electron chi connectivity index (χ0n) is 12.4. The van der Waals surface area contributed by atoms with Gasteiger partial charge in [0.2, 0.25) is 11.1 Å². The molecule has 8 heteroatoms. The summed E-state index contributed by atoms with van der Waals surface area (Å²) in [5.74, 6) is 6.59. The fourth-order valence-corrected chi connectivity index (χ4v) is 3.04. The van der Waals surface area contributed by atoms with Crippen LogP contribution in [0.3, 0.4) is 0 Å². The van der Waals surface area contributed by atoms with E-state index < -0.39 is 0 Å². The van der Waals surface area contributed by atoms with E-state index in [-0.39, 0.29) is 11.2 Å². The van der Waals surface area contributed by atoms with Gasteiger partial charge in [-0.15, -0.1) is 10.2 Å². The van der Waals surface area contributed by atoms with Gasteiger partial charge < -0.3 is 11.2 Å². The summed E-state index contributed by atoms with van der Waals surface area (Å²) in [5, 5.41) is 11.3. The number of carbonyl (C=O) groups excluding carboxylic acids is 1. The van der Waals surface area contributed by atoms with Crippen molar-refractivity contribution in [2.45, 2.75) is 30.7 Å². The first-order valence-electron chi connectivity index (χ1n) is 6.94. The minimum Gasteiger partial charge on any atom is -0.355 e. The topological polar surface area (TPSA) is 85.8 Å². The zero-order valence-corrected chi connectivity index (χ0v) is 14.8. The Morgan fingerprint density at radius 1 is 1.45 bits per heavy atom. The summed E-state index contributed by atoms with van der Waals surface area (Å²) in [5.41, 5.74) is 0.854. The third kappa shape index (κ3) is 3.80. The number of nitrogens with zero attached hydrogens (tertiary/aromatic N) is 3. The summed E-state index contributed by atoms with van der Waals surface area (Å²) in [6.45, 7) is 4.50. The molecule has 1 unspecified atom stereocenters. The van der Waals surface area contributed by atoms with E-state index in [9.17, 15) is 4.79 Å². The number of benzene rings is 1. The van der Waals surface area contributed by atoms with Crippen LogP contribution >= 0.6 is 27.7 Å². The Kier molecular flexibility index (Phi) is 5.84. The van der Waals surface area contributed by atoms with Gasteiger partial charge in [-0.25, -0.2) is 4.68 Å². The highest BCUT2D eigenvalue weighted by Crippen LogP contribution is 2.29. The number of aromatic nitrogens is 3. The average molecular weight is 384 g/mol. The first-order chi connectivity index (χ1) is 10.5. The lowest BCUT2D eigenvalue weighted by Gasteiger charge is -2.11. The van der Waals surface area contributed by atoms with Gasteiger partial charge in [0.25, 0.3) is 0 Å². The van der Waals surface area contributed by atoms with Crippen LogP contribution in [0.5, 0.6) is 0 Å². The molecule has 1 heterocycles. The molecule has 118 valence electrons. The highest BCUT2D eigenvalue weighted by atomic mass is 79.9. The van der Waals surface area contributed by atoms with Crippen molar-refractivity contribution in [1.29, 1.82) is 0 Å². The Bertz CT molecular complexity index is 660. The number of nitrogens with one attached hydrogen (secondary N) is 1. The van der Waals surface area contributed by atoms with Gasteiger partial charge in [-0.2, -0.15) is 0 Å². The largest absolute Gasteiger partial charge is 0.355 e. The number of thioether (sulfide) groups is 1. The number of amides is 1. The monoisotopic (exact) mass is 383 g/mol. The fraction of sp³-hybridized carbons (Fsp3) is 0.357. The minimum absolute atomic E-state index is 0.0303. The Labute approximate surface area is 142 Å². The summed E-state index contributed by atoms with van der Waals surface area (Å²) in [6, 6.07) is 7.64. The van der Waals surface area contributed by atoms with Crippen LogP contribution in [0, 0.1) is 0 Å². The van der Waals surface area contributed by atoms with Crippen molar-refractivity contribution in [3.05, 3.63) is 28.7 Å². The van der Waals surface area contributed by atoms with Crippen LogP contribution < -0.4 is 11.2 Å². The van der Waals surface area contributed by atoms with Gasteiger partial charge in [-0.1, -0.05) is 46.7 Å². The average Bonchev–Trinajstić information content (AvgIpc) is 2.86. The van der Waals surface area contributed by atoms with E-state index in [1.54, 1.807) is 0 Å². The molecule has 0 aliphatic carbocycles. The predicted molar refractivity (Wildman–Crippen MR) is 91.9 cm³/mol. The molecule has 1 amide bonds. The van der Waals surface area contributed by atoms with Gasteiger partial charge in [0.15, 0.2) is 5.82 Å². The van der Waals surface area contributed by atoms with Gasteiger partial charge in [0.1, 0.15) is 0 Å². The van der Waals surface area contributed by atoms with E-state index in [2.05, 4.69) is 31.4 Å². The molecule has 0 bridgehead atoms. The van der Waals surface area contributed by atoms with Crippen molar-refractivity contribution in [2.24, 2.45) is 0 Å². The zero-order chi connectivity index (χ0) is 16.1. The second-order valence-electron chi connectivity index (χ2n) is 4.71. The molecule has 2 rings (SSSR count). The molecule has 0 saturated heterocycles. The van der Waals surface area contributed by atoms with Crippen molar-refractivity contribution in [3.8, 4) is 11.4 Å². The van der Waals surface area contributed by atoms with Crippen molar-refractivity contribution in [1.82, 2.24) is 20.2 Å². The molecule has 0 aliphatic heterocycles. The number of nitrogens with two attached hydrogens (primary N) is 1. The van der Waals surface area contributed by atoms with E-state index >= 15 is 0 Å². The van der Waals surface area contributed by atoms with E-state index in [0.717, 1.165) is 16.5 Å². The molecule has 1 aromatic carbocycles. The summed E-state index contributed by atoms with van der Waals surface area (Å²) in [7, 11) is 0. The summed E-state index contributed by atoms with van der Waals surface area (Å²) in [6.07, 6.45) is 0.905. The number of halogens is 1. The number of rotatable bonds is 6. The molecular weight excluding hydrogens is 366 g/mol. The fourth-order valence-electron chi connectivity index (χ4n) is 1.79. The van der Waals surface area contributed by atoms with E-state index in [1.165, 1.54) is 16.4 Å². The quantitative estimate of drug-likeness (QED) is 0.590. The lowest BCUT2D eigenvalue weighted by molar-refractivity contribution is -0.120. The van der Waals surface area contributed by atoms with Crippen molar-refractivity contribution in [2.75, 3.05) is 12.4 Å². The van der Waals surface area contributed by atoms with Gasteiger partial charge >= 0.3 is 0 Å². The second-order valence-corrected chi connectivity index (χ2v) is 6.87.